The molecule has 2 aromatic rings. The van der Waals surface area contributed by atoms with E-state index in [0.717, 1.165) is 17.6 Å². The number of halogens is 2. The molecule has 2 nitrogen and oxygen atoms in total. The lowest BCUT2D eigenvalue weighted by molar-refractivity contribution is 0.469. The van der Waals surface area contributed by atoms with Crippen molar-refractivity contribution in [2.45, 2.75) is 17.2 Å². The number of benzene rings is 1. The van der Waals surface area contributed by atoms with Crippen molar-refractivity contribution in [3.8, 4) is 0 Å². The summed E-state index contributed by atoms with van der Waals surface area (Å²) in [5, 5.41) is 2.98. The Kier molecular flexibility index (Phi) is 4.38. The maximum absolute atomic E-state index is 13.4. The summed E-state index contributed by atoms with van der Waals surface area (Å²) in [6, 6.07) is 7.32. The van der Waals surface area contributed by atoms with Gasteiger partial charge in [0.25, 0.3) is 0 Å². The molecule has 1 N–H and O–H groups in total. The molecule has 96 valence electrons. The monoisotopic (exact) mass is 269 g/mol. The molecule has 0 aliphatic heterocycles. The van der Waals surface area contributed by atoms with E-state index in [4.69, 9.17) is 4.42 Å². The minimum atomic E-state index is -0.564. The van der Waals surface area contributed by atoms with Crippen LogP contribution in [0.15, 0.2) is 39.6 Å². The molecule has 5 heteroatoms. The second-order valence-corrected chi connectivity index (χ2v) is 4.78. The van der Waals surface area contributed by atoms with E-state index in [1.165, 1.54) is 23.9 Å². The number of nitrogens with one attached hydrogen (secondary N) is 1. The van der Waals surface area contributed by atoms with Gasteiger partial charge in [-0.25, -0.2) is 8.78 Å². The number of hydrogen-bond acceptors (Lipinski definition) is 3. The highest BCUT2D eigenvalue weighted by molar-refractivity contribution is 7.98. The van der Waals surface area contributed by atoms with Gasteiger partial charge in [-0.2, -0.15) is 0 Å². The first-order chi connectivity index (χ1) is 8.69. The third-order valence-electron chi connectivity index (χ3n) is 2.33. The average Bonchev–Trinajstić information content (AvgIpc) is 2.76. The number of thioether (sulfide) groups is 1. The van der Waals surface area contributed by atoms with Gasteiger partial charge in [-0.05, 0) is 31.3 Å². The molecule has 0 spiro atoms. The van der Waals surface area contributed by atoms with Gasteiger partial charge in [-0.1, -0.05) is 0 Å². The third-order valence-corrected chi connectivity index (χ3v) is 3.40. The molecule has 2 rings (SSSR count). The van der Waals surface area contributed by atoms with Crippen LogP contribution < -0.4 is 5.32 Å². The fourth-order valence-electron chi connectivity index (χ4n) is 1.51. The first-order valence-electron chi connectivity index (χ1n) is 5.49. The summed E-state index contributed by atoms with van der Waals surface area (Å²) >= 11 is 1.28. The van der Waals surface area contributed by atoms with E-state index in [1.54, 1.807) is 0 Å². The summed E-state index contributed by atoms with van der Waals surface area (Å²) in [5.41, 5.74) is 0. The summed E-state index contributed by atoms with van der Waals surface area (Å²) in [4.78, 5) is 0.419. The van der Waals surface area contributed by atoms with Crippen LogP contribution in [0.5, 0.6) is 0 Å². The van der Waals surface area contributed by atoms with E-state index in [0.29, 0.717) is 17.2 Å². The summed E-state index contributed by atoms with van der Waals surface area (Å²) in [6.07, 6.45) is 0. The first-order valence-corrected chi connectivity index (χ1v) is 6.47. The van der Waals surface area contributed by atoms with Crippen molar-refractivity contribution in [2.75, 3.05) is 7.05 Å². The topological polar surface area (TPSA) is 25.2 Å². The Balaban J connectivity index is 1.97. The summed E-state index contributed by atoms with van der Waals surface area (Å²) in [6.45, 7) is 0.662. The first kappa shape index (κ1) is 13.1. The van der Waals surface area contributed by atoms with Crippen LogP contribution in [0, 0.1) is 11.6 Å². The molecule has 0 unspecified atom stereocenters. The zero-order chi connectivity index (χ0) is 13.0. The predicted molar refractivity (Wildman–Crippen MR) is 67.4 cm³/mol. The van der Waals surface area contributed by atoms with E-state index >= 15 is 0 Å². The maximum atomic E-state index is 13.4. The molecule has 0 aliphatic rings. The minimum absolute atomic E-state index is 0.419. The molecule has 1 heterocycles. The smallest absolute Gasteiger partial charge is 0.139 e. The Morgan fingerprint density at radius 3 is 2.67 bits per heavy atom. The van der Waals surface area contributed by atoms with Gasteiger partial charge >= 0.3 is 0 Å². The van der Waals surface area contributed by atoms with Crippen molar-refractivity contribution in [2.24, 2.45) is 0 Å². The standard InChI is InChI=1S/C13H13F2NOS/c1-16-7-10-3-4-11(17-10)8-18-13-5-2-9(14)6-12(13)15/h2-6,16H,7-8H2,1H3. The van der Waals surface area contributed by atoms with E-state index in [1.807, 2.05) is 19.2 Å². The fourth-order valence-corrected chi connectivity index (χ4v) is 2.32. The van der Waals surface area contributed by atoms with Crippen LogP contribution in [-0.2, 0) is 12.3 Å². The molecule has 1 aromatic carbocycles. The number of rotatable bonds is 5. The molecule has 0 amide bonds. The molecule has 0 fully saturated rings. The van der Waals surface area contributed by atoms with E-state index in [2.05, 4.69) is 5.32 Å². The number of furan rings is 1. The summed E-state index contributed by atoms with van der Waals surface area (Å²) in [5.74, 6) is 1.03. The van der Waals surface area contributed by atoms with Crippen LogP contribution >= 0.6 is 11.8 Å². The van der Waals surface area contributed by atoms with Crippen molar-refractivity contribution in [1.82, 2.24) is 5.32 Å². The van der Waals surface area contributed by atoms with E-state index < -0.39 is 11.6 Å². The van der Waals surface area contributed by atoms with Gasteiger partial charge in [0.2, 0.25) is 0 Å². The zero-order valence-corrected chi connectivity index (χ0v) is 10.7. The molecule has 0 aliphatic carbocycles. The largest absolute Gasteiger partial charge is 0.464 e. The van der Waals surface area contributed by atoms with Crippen molar-refractivity contribution in [3.05, 3.63) is 53.5 Å². The molecule has 0 radical (unpaired) electrons. The molecule has 18 heavy (non-hydrogen) atoms. The molecule has 0 bridgehead atoms. The van der Waals surface area contributed by atoms with E-state index in [-0.39, 0.29) is 0 Å². The quantitative estimate of drug-likeness (QED) is 0.840. The van der Waals surface area contributed by atoms with Crippen molar-refractivity contribution < 1.29 is 13.2 Å². The summed E-state index contributed by atoms with van der Waals surface area (Å²) in [7, 11) is 1.84. The zero-order valence-electron chi connectivity index (χ0n) is 9.87. The van der Waals surface area contributed by atoms with Crippen LogP contribution in [0.4, 0.5) is 8.78 Å². The third kappa shape index (κ3) is 3.34. The number of hydrogen-bond donors (Lipinski definition) is 1. The van der Waals surface area contributed by atoms with Crippen LogP contribution in [0.1, 0.15) is 11.5 Å². The van der Waals surface area contributed by atoms with Crippen molar-refractivity contribution >= 4 is 11.8 Å². The lowest BCUT2D eigenvalue weighted by Gasteiger charge is -2.01. The Bertz CT molecular complexity index is 527. The molecular formula is C13H13F2NOS. The molecule has 1 aromatic heterocycles. The van der Waals surface area contributed by atoms with Gasteiger partial charge in [0.1, 0.15) is 23.2 Å². The highest BCUT2D eigenvalue weighted by Crippen LogP contribution is 2.26. The van der Waals surface area contributed by atoms with Crippen molar-refractivity contribution in [1.29, 1.82) is 0 Å². The second kappa shape index (κ2) is 6.02. The van der Waals surface area contributed by atoms with Gasteiger partial charge < -0.3 is 9.73 Å². The van der Waals surface area contributed by atoms with Gasteiger partial charge in [0, 0.05) is 11.0 Å². The molecule has 0 saturated heterocycles. The maximum Gasteiger partial charge on any atom is 0.139 e. The second-order valence-electron chi connectivity index (χ2n) is 3.76. The van der Waals surface area contributed by atoms with Crippen LogP contribution in [0.2, 0.25) is 0 Å². The van der Waals surface area contributed by atoms with Crippen LogP contribution in [0.3, 0.4) is 0 Å². The molecular weight excluding hydrogens is 256 g/mol. The SMILES string of the molecule is CNCc1ccc(CSc2ccc(F)cc2F)o1. The average molecular weight is 269 g/mol. The van der Waals surface area contributed by atoms with Gasteiger partial charge in [0.15, 0.2) is 0 Å². The van der Waals surface area contributed by atoms with Gasteiger partial charge in [-0.15, -0.1) is 11.8 Å². The molecule has 0 saturated carbocycles. The Morgan fingerprint density at radius 2 is 1.94 bits per heavy atom. The highest BCUT2D eigenvalue weighted by Gasteiger charge is 2.07. The van der Waals surface area contributed by atoms with Gasteiger partial charge in [0.05, 0.1) is 12.3 Å². The lowest BCUT2D eigenvalue weighted by Crippen LogP contribution is -2.03. The summed E-state index contributed by atoms with van der Waals surface area (Å²) < 4.78 is 31.6. The Labute approximate surface area is 108 Å². The predicted octanol–water partition coefficient (Wildman–Crippen LogP) is 3.57. The van der Waals surface area contributed by atoms with Crippen LogP contribution in [0.25, 0.3) is 0 Å². The van der Waals surface area contributed by atoms with E-state index in [9.17, 15) is 8.78 Å². The van der Waals surface area contributed by atoms with Crippen LogP contribution in [-0.4, -0.2) is 7.05 Å². The lowest BCUT2D eigenvalue weighted by atomic mass is 10.3. The Morgan fingerprint density at radius 1 is 1.17 bits per heavy atom. The fraction of sp³-hybridized carbons (Fsp3) is 0.231. The van der Waals surface area contributed by atoms with Gasteiger partial charge in [-0.3, -0.25) is 0 Å². The normalized spacial score (nSPS) is 10.8. The van der Waals surface area contributed by atoms with Crippen molar-refractivity contribution in [3.63, 3.8) is 0 Å². The highest BCUT2D eigenvalue weighted by atomic mass is 32.2. The minimum Gasteiger partial charge on any atom is -0.464 e. The Hall–Kier alpha value is -1.33. The molecule has 0 atom stereocenters.